The molecule has 8 heteroatoms. The average molecular weight is 294 g/mol. The minimum atomic E-state index is -1.40. The van der Waals surface area contributed by atoms with Crippen LogP contribution in [-0.2, 0) is 20.7 Å². The Labute approximate surface area is 119 Å². The fraction of sp³-hybridized carbons (Fsp3) is 0.385. The first-order valence-corrected chi connectivity index (χ1v) is 6.28. The lowest BCUT2D eigenvalue weighted by Gasteiger charge is -2.23. The molecule has 0 aromatic heterocycles. The van der Waals surface area contributed by atoms with Gasteiger partial charge in [-0.1, -0.05) is 12.1 Å². The normalized spacial score (nSPS) is 21.0. The lowest BCUT2D eigenvalue weighted by Crippen LogP contribution is -2.55. The summed E-state index contributed by atoms with van der Waals surface area (Å²) >= 11 is 0. The van der Waals surface area contributed by atoms with Crippen LogP contribution in [0.2, 0.25) is 0 Å². The Hall–Kier alpha value is -2.48. The van der Waals surface area contributed by atoms with Gasteiger partial charge < -0.3 is 15.2 Å². The van der Waals surface area contributed by atoms with Crippen LogP contribution < -0.4 is 5.32 Å². The van der Waals surface area contributed by atoms with E-state index in [4.69, 9.17) is 4.74 Å². The van der Waals surface area contributed by atoms with E-state index in [-0.39, 0.29) is 31.7 Å². The number of ether oxygens (including phenoxy) is 1. The van der Waals surface area contributed by atoms with E-state index in [2.05, 4.69) is 5.32 Å². The maximum Gasteiger partial charge on any atom is 0.331 e. The molecule has 1 aromatic carbocycles. The number of carboxylic acid groups (broad SMARTS) is 1. The third kappa shape index (κ3) is 3.34. The molecule has 1 fully saturated rings. The van der Waals surface area contributed by atoms with Gasteiger partial charge in [0.1, 0.15) is 0 Å². The summed E-state index contributed by atoms with van der Waals surface area (Å²) in [6, 6.07) is 5.67. The third-order valence-electron chi connectivity index (χ3n) is 3.30. The second kappa shape index (κ2) is 5.88. The van der Waals surface area contributed by atoms with Gasteiger partial charge in [0.2, 0.25) is 5.91 Å². The van der Waals surface area contributed by atoms with Crippen LogP contribution in [0.1, 0.15) is 12.0 Å². The number of carboxylic acids is 1. The maximum atomic E-state index is 12.0. The number of amides is 1. The van der Waals surface area contributed by atoms with Gasteiger partial charge in [-0.25, -0.2) is 4.79 Å². The van der Waals surface area contributed by atoms with E-state index in [1.807, 2.05) is 0 Å². The zero-order chi connectivity index (χ0) is 15.5. The number of hydrogen-bond acceptors (Lipinski definition) is 5. The average Bonchev–Trinajstić information content (AvgIpc) is 2.88. The largest absolute Gasteiger partial charge is 0.479 e. The summed E-state index contributed by atoms with van der Waals surface area (Å²) in [7, 11) is 0. The highest BCUT2D eigenvalue weighted by Gasteiger charge is 2.43. The number of nitro groups is 1. The number of rotatable bonds is 5. The summed E-state index contributed by atoms with van der Waals surface area (Å²) < 4.78 is 5.04. The molecule has 0 aliphatic carbocycles. The van der Waals surface area contributed by atoms with Crippen LogP contribution in [0.25, 0.3) is 0 Å². The van der Waals surface area contributed by atoms with Gasteiger partial charge in [-0.15, -0.1) is 0 Å². The zero-order valence-corrected chi connectivity index (χ0v) is 11.1. The third-order valence-corrected chi connectivity index (χ3v) is 3.30. The molecule has 0 saturated carbocycles. The van der Waals surface area contributed by atoms with Crippen molar-refractivity contribution in [2.45, 2.75) is 18.4 Å². The Balaban J connectivity index is 2.06. The van der Waals surface area contributed by atoms with Crippen molar-refractivity contribution >= 4 is 17.6 Å². The second-order valence-electron chi connectivity index (χ2n) is 4.84. The number of aliphatic carboxylic acids is 1. The highest BCUT2D eigenvalue weighted by Crippen LogP contribution is 2.20. The fourth-order valence-corrected chi connectivity index (χ4v) is 2.16. The molecular weight excluding hydrogens is 280 g/mol. The van der Waals surface area contributed by atoms with Crippen LogP contribution in [0.4, 0.5) is 5.69 Å². The Morgan fingerprint density at radius 1 is 1.48 bits per heavy atom. The van der Waals surface area contributed by atoms with Crippen LogP contribution in [0.15, 0.2) is 24.3 Å². The van der Waals surface area contributed by atoms with Crippen molar-refractivity contribution < 1.29 is 24.4 Å². The monoisotopic (exact) mass is 294 g/mol. The number of carbonyl (C=O) groups is 2. The van der Waals surface area contributed by atoms with Gasteiger partial charge in [0, 0.05) is 25.2 Å². The van der Waals surface area contributed by atoms with Crippen molar-refractivity contribution in [3.8, 4) is 0 Å². The summed E-state index contributed by atoms with van der Waals surface area (Å²) in [5.74, 6) is -1.66. The molecule has 1 amide bonds. The van der Waals surface area contributed by atoms with Crippen molar-refractivity contribution in [2.75, 3.05) is 13.2 Å². The number of benzene rings is 1. The molecule has 8 nitrogen and oxygen atoms in total. The predicted molar refractivity (Wildman–Crippen MR) is 70.7 cm³/mol. The molecule has 1 atom stereocenters. The van der Waals surface area contributed by atoms with Crippen LogP contribution in [-0.4, -0.2) is 40.7 Å². The van der Waals surface area contributed by atoms with Crippen LogP contribution >= 0.6 is 0 Å². The predicted octanol–water partition coefficient (Wildman–Crippen LogP) is 0.497. The molecule has 2 N–H and O–H groups in total. The highest BCUT2D eigenvalue weighted by atomic mass is 16.6. The fourth-order valence-electron chi connectivity index (χ4n) is 2.16. The molecule has 1 saturated heterocycles. The Kier molecular flexibility index (Phi) is 4.18. The molecule has 0 bridgehead atoms. The number of carbonyl (C=O) groups excluding carboxylic acids is 1. The van der Waals surface area contributed by atoms with Crippen LogP contribution in [0, 0.1) is 10.1 Å². The topological polar surface area (TPSA) is 119 Å². The first-order valence-electron chi connectivity index (χ1n) is 6.28. The summed E-state index contributed by atoms with van der Waals surface area (Å²) in [5, 5.41) is 22.3. The molecule has 1 aliphatic heterocycles. The molecule has 112 valence electrons. The number of nitrogens with one attached hydrogen (secondary N) is 1. The Morgan fingerprint density at radius 3 is 2.81 bits per heavy atom. The lowest BCUT2D eigenvalue weighted by atomic mass is 9.98. The quantitative estimate of drug-likeness (QED) is 0.603. The molecular formula is C13H14N2O6. The van der Waals surface area contributed by atoms with E-state index in [1.54, 1.807) is 6.07 Å². The molecule has 1 unspecified atom stereocenters. The van der Waals surface area contributed by atoms with Crippen molar-refractivity contribution in [3.05, 3.63) is 39.9 Å². The molecule has 1 aromatic rings. The van der Waals surface area contributed by atoms with E-state index in [1.165, 1.54) is 18.2 Å². The number of nitrogens with zero attached hydrogens (tertiary/aromatic N) is 1. The first-order chi connectivity index (χ1) is 9.93. The second-order valence-corrected chi connectivity index (χ2v) is 4.84. The molecule has 1 aliphatic rings. The molecule has 2 rings (SSSR count). The Morgan fingerprint density at radius 2 is 2.24 bits per heavy atom. The van der Waals surface area contributed by atoms with E-state index >= 15 is 0 Å². The van der Waals surface area contributed by atoms with E-state index < -0.39 is 22.3 Å². The summed E-state index contributed by atoms with van der Waals surface area (Å²) in [6.45, 7) is 0.187. The van der Waals surface area contributed by atoms with Crippen molar-refractivity contribution in [2.24, 2.45) is 0 Å². The number of hydrogen-bond donors (Lipinski definition) is 2. The molecule has 0 radical (unpaired) electrons. The molecule has 0 spiro atoms. The van der Waals surface area contributed by atoms with Gasteiger partial charge >= 0.3 is 5.97 Å². The first kappa shape index (κ1) is 14.9. The smallest absolute Gasteiger partial charge is 0.331 e. The number of nitro benzene ring substituents is 1. The van der Waals surface area contributed by atoms with Gasteiger partial charge in [-0.05, 0) is 5.56 Å². The van der Waals surface area contributed by atoms with Gasteiger partial charge in [0.15, 0.2) is 5.54 Å². The lowest BCUT2D eigenvalue weighted by molar-refractivity contribution is -0.384. The van der Waals surface area contributed by atoms with E-state index in [0.717, 1.165) is 0 Å². The summed E-state index contributed by atoms with van der Waals surface area (Å²) in [5.41, 5.74) is -1.07. The van der Waals surface area contributed by atoms with Gasteiger partial charge in [-0.3, -0.25) is 14.9 Å². The van der Waals surface area contributed by atoms with Gasteiger partial charge in [0.25, 0.3) is 5.69 Å². The van der Waals surface area contributed by atoms with Gasteiger partial charge in [0.05, 0.1) is 18.0 Å². The van der Waals surface area contributed by atoms with Crippen LogP contribution in [0.3, 0.4) is 0 Å². The van der Waals surface area contributed by atoms with Crippen molar-refractivity contribution in [1.82, 2.24) is 5.32 Å². The van der Waals surface area contributed by atoms with E-state index in [0.29, 0.717) is 5.56 Å². The van der Waals surface area contributed by atoms with Crippen molar-refractivity contribution in [1.29, 1.82) is 0 Å². The minimum absolute atomic E-state index is 0.0803. The van der Waals surface area contributed by atoms with Gasteiger partial charge in [-0.2, -0.15) is 0 Å². The highest BCUT2D eigenvalue weighted by molar-refractivity contribution is 5.88. The SMILES string of the molecule is O=C(Cc1cccc([N+](=O)[O-])c1)NC1(C(=O)O)CCOC1. The van der Waals surface area contributed by atoms with Crippen molar-refractivity contribution in [3.63, 3.8) is 0 Å². The Bertz CT molecular complexity index is 580. The summed E-state index contributed by atoms with van der Waals surface area (Å²) in [4.78, 5) is 33.3. The van der Waals surface area contributed by atoms with E-state index in [9.17, 15) is 24.8 Å². The molecule has 21 heavy (non-hydrogen) atoms. The zero-order valence-electron chi connectivity index (χ0n) is 11.1. The van der Waals surface area contributed by atoms with Crippen LogP contribution in [0.5, 0.6) is 0 Å². The molecule has 1 heterocycles. The maximum absolute atomic E-state index is 12.0. The minimum Gasteiger partial charge on any atom is -0.479 e. The standard InChI is InChI=1S/C13H14N2O6/c16-11(14-13(12(17)18)4-5-21-8-13)7-9-2-1-3-10(6-9)15(19)20/h1-3,6H,4-5,7-8H2,(H,14,16)(H,17,18). The summed E-state index contributed by atoms with van der Waals surface area (Å²) in [6.07, 6.45) is 0.0692. The number of non-ortho nitro benzene ring substituents is 1.